The highest BCUT2D eigenvalue weighted by atomic mass is 32.2. The van der Waals surface area contributed by atoms with Gasteiger partial charge in [0.1, 0.15) is 22.8 Å². The van der Waals surface area contributed by atoms with E-state index in [4.69, 9.17) is 9.15 Å². The molecule has 2 aliphatic heterocycles. The third-order valence-electron chi connectivity index (χ3n) is 6.57. The molecule has 6 rings (SSSR count). The van der Waals surface area contributed by atoms with Crippen molar-refractivity contribution in [2.24, 2.45) is 0 Å². The number of carbonyl (C=O) groups is 3. The van der Waals surface area contributed by atoms with E-state index in [0.29, 0.717) is 24.2 Å². The number of anilines is 1. The summed E-state index contributed by atoms with van der Waals surface area (Å²) < 4.78 is 38.1. The normalized spacial score (nSPS) is 21.5. The molecule has 0 spiro atoms. The number of carbonyl (C=O) groups excluding carboxylic acids is 3. The molecular formula is C23H21N5O7S. The zero-order valence-electron chi connectivity index (χ0n) is 19.0. The second kappa shape index (κ2) is 7.68. The summed E-state index contributed by atoms with van der Waals surface area (Å²) in [6, 6.07) is 8.89. The Morgan fingerprint density at radius 2 is 2.00 bits per heavy atom. The Morgan fingerprint density at radius 3 is 2.69 bits per heavy atom. The Labute approximate surface area is 205 Å². The molecule has 3 aliphatic rings. The van der Waals surface area contributed by atoms with Gasteiger partial charge in [0.2, 0.25) is 10.0 Å². The van der Waals surface area contributed by atoms with Gasteiger partial charge in [-0.15, -0.1) is 0 Å². The molecule has 1 aliphatic carbocycles. The number of hydrogen-bond donors (Lipinski definition) is 3. The number of sulfonamides is 1. The summed E-state index contributed by atoms with van der Waals surface area (Å²) in [7, 11) is -2.01. The molecular weight excluding hydrogens is 490 g/mol. The molecule has 12 nitrogen and oxygen atoms in total. The first kappa shape index (κ1) is 22.3. The Balaban J connectivity index is 1.34. The molecule has 1 aromatic carbocycles. The first-order valence-electron chi connectivity index (χ1n) is 11.2. The summed E-state index contributed by atoms with van der Waals surface area (Å²) in [5.41, 5.74) is 0.0870. The number of hydrogen-bond acceptors (Lipinski definition) is 8. The van der Waals surface area contributed by atoms with Crippen LogP contribution in [-0.2, 0) is 26.9 Å². The van der Waals surface area contributed by atoms with Crippen molar-refractivity contribution >= 4 is 44.8 Å². The van der Waals surface area contributed by atoms with E-state index in [9.17, 15) is 22.8 Å². The van der Waals surface area contributed by atoms with Crippen LogP contribution < -0.4 is 20.1 Å². The van der Waals surface area contributed by atoms with Crippen molar-refractivity contribution < 1.29 is 32.0 Å². The molecule has 2 aromatic heterocycles. The summed E-state index contributed by atoms with van der Waals surface area (Å²) in [5.74, 6) is -0.278. The third kappa shape index (κ3) is 3.54. The molecule has 36 heavy (non-hydrogen) atoms. The quantitative estimate of drug-likeness (QED) is 0.402. The lowest BCUT2D eigenvalue weighted by atomic mass is 9.95. The average Bonchev–Trinajstić information content (AvgIpc) is 3.48. The maximum atomic E-state index is 13.1. The van der Waals surface area contributed by atoms with Gasteiger partial charge in [0.15, 0.2) is 11.1 Å². The van der Waals surface area contributed by atoms with Gasteiger partial charge in [-0.05, 0) is 42.7 Å². The van der Waals surface area contributed by atoms with Crippen LogP contribution in [0.1, 0.15) is 34.5 Å². The van der Waals surface area contributed by atoms with E-state index >= 15 is 0 Å². The van der Waals surface area contributed by atoms with E-state index in [-0.39, 0.29) is 41.7 Å². The number of methoxy groups -OCH3 is 1. The fourth-order valence-electron chi connectivity index (χ4n) is 4.53. The first-order chi connectivity index (χ1) is 17.2. The fraction of sp³-hybridized carbons (Fsp3) is 0.304. The smallest absolute Gasteiger partial charge is 0.322 e. The topological polar surface area (TPSA) is 160 Å². The standard InChI is InChI=1S/C23H21N5O7S/c1-34-13-3-2-12-10-28(20(29)15(12)8-13)11-23(21(30)25-22(31)26-23)18-9-16-17(35-18)6-7-19(24-16)27-36(32,33)14-4-5-14/h2-3,6-9,14H,4-5,10-11H2,1H3,(H,24,27)(H2,25,26,30,31)/t23-/m0/s1. The maximum Gasteiger partial charge on any atom is 0.322 e. The van der Waals surface area contributed by atoms with Crippen LogP contribution in [0.15, 0.2) is 40.8 Å². The monoisotopic (exact) mass is 511 g/mol. The van der Waals surface area contributed by atoms with E-state index in [0.717, 1.165) is 5.56 Å². The molecule has 1 atom stereocenters. The molecule has 1 saturated heterocycles. The fourth-order valence-corrected chi connectivity index (χ4v) is 5.86. The Kier molecular flexibility index (Phi) is 4.77. The van der Waals surface area contributed by atoms with Gasteiger partial charge in [-0.3, -0.25) is 19.6 Å². The largest absolute Gasteiger partial charge is 0.497 e. The number of rotatable bonds is 7. The molecule has 2 fully saturated rings. The number of benzene rings is 1. The van der Waals surface area contributed by atoms with Crippen LogP contribution in [0.25, 0.3) is 11.1 Å². The van der Waals surface area contributed by atoms with Crippen LogP contribution in [-0.4, -0.2) is 55.1 Å². The predicted octanol–water partition coefficient (Wildman–Crippen LogP) is 1.43. The molecule has 4 amide bonds. The average molecular weight is 512 g/mol. The van der Waals surface area contributed by atoms with Gasteiger partial charge in [0, 0.05) is 18.2 Å². The van der Waals surface area contributed by atoms with E-state index in [1.165, 1.54) is 30.2 Å². The highest BCUT2D eigenvalue weighted by Crippen LogP contribution is 2.35. The lowest BCUT2D eigenvalue weighted by Crippen LogP contribution is -2.52. The summed E-state index contributed by atoms with van der Waals surface area (Å²) in [6.07, 6.45) is 1.22. The zero-order valence-corrected chi connectivity index (χ0v) is 19.8. The van der Waals surface area contributed by atoms with Crippen molar-refractivity contribution in [2.45, 2.75) is 30.2 Å². The number of imide groups is 1. The van der Waals surface area contributed by atoms with Crippen molar-refractivity contribution in [1.29, 1.82) is 0 Å². The lowest BCUT2D eigenvalue weighted by molar-refractivity contribution is -0.125. The number of furan rings is 1. The van der Waals surface area contributed by atoms with Crippen LogP contribution in [0.2, 0.25) is 0 Å². The highest BCUT2D eigenvalue weighted by molar-refractivity contribution is 7.93. The second-order valence-electron chi connectivity index (χ2n) is 9.03. The predicted molar refractivity (Wildman–Crippen MR) is 126 cm³/mol. The van der Waals surface area contributed by atoms with Gasteiger partial charge < -0.3 is 19.4 Å². The van der Waals surface area contributed by atoms with Crippen molar-refractivity contribution in [3.05, 3.63) is 53.3 Å². The SMILES string of the molecule is COc1ccc2c(c1)C(=O)N(C[C@@]1(c3cc4nc(NS(=O)(=O)C5CC5)ccc4o3)NC(=O)NC1=O)C2. The number of nitrogens with zero attached hydrogens (tertiary/aromatic N) is 2. The maximum absolute atomic E-state index is 13.1. The van der Waals surface area contributed by atoms with E-state index in [1.807, 2.05) is 0 Å². The van der Waals surface area contributed by atoms with Crippen molar-refractivity contribution in [2.75, 3.05) is 18.4 Å². The van der Waals surface area contributed by atoms with E-state index in [2.05, 4.69) is 20.3 Å². The molecule has 3 aromatic rings. The number of aromatic nitrogens is 1. The van der Waals surface area contributed by atoms with Crippen LogP contribution in [0.3, 0.4) is 0 Å². The minimum Gasteiger partial charge on any atom is -0.497 e. The van der Waals surface area contributed by atoms with Crippen LogP contribution in [0, 0.1) is 0 Å². The highest BCUT2D eigenvalue weighted by Gasteiger charge is 2.53. The van der Waals surface area contributed by atoms with Crippen molar-refractivity contribution in [1.82, 2.24) is 20.5 Å². The Morgan fingerprint density at radius 1 is 1.19 bits per heavy atom. The van der Waals surface area contributed by atoms with Crippen molar-refractivity contribution in [3.8, 4) is 5.75 Å². The Bertz CT molecular complexity index is 1560. The molecule has 3 N–H and O–H groups in total. The van der Waals surface area contributed by atoms with Gasteiger partial charge in [0.05, 0.1) is 18.9 Å². The minimum atomic E-state index is -3.52. The molecule has 0 radical (unpaired) electrons. The number of ether oxygens (including phenoxy) is 1. The molecule has 0 bridgehead atoms. The summed E-state index contributed by atoms with van der Waals surface area (Å²) in [4.78, 5) is 44.2. The Hall–Kier alpha value is -4.13. The first-order valence-corrected chi connectivity index (χ1v) is 12.8. The number of nitrogens with one attached hydrogen (secondary N) is 3. The van der Waals surface area contributed by atoms with E-state index < -0.39 is 32.8 Å². The number of pyridine rings is 1. The number of fused-ring (bicyclic) bond motifs is 2. The number of urea groups is 1. The van der Waals surface area contributed by atoms with Gasteiger partial charge in [0.25, 0.3) is 11.8 Å². The van der Waals surface area contributed by atoms with Crippen LogP contribution in [0.5, 0.6) is 5.75 Å². The zero-order chi connectivity index (χ0) is 25.2. The van der Waals surface area contributed by atoms with Gasteiger partial charge >= 0.3 is 6.03 Å². The third-order valence-corrected chi connectivity index (χ3v) is 8.41. The number of amides is 4. The van der Waals surface area contributed by atoms with Gasteiger partial charge in [-0.1, -0.05) is 6.07 Å². The van der Waals surface area contributed by atoms with E-state index in [1.54, 1.807) is 18.2 Å². The molecule has 4 heterocycles. The molecule has 0 unspecified atom stereocenters. The van der Waals surface area contributed by atoms with Gasteiger partial charge in [-0.2, -0.15) is 0 Å². The summed E-state index contributed by atoms with van der Waals surface area (Å²) >= 11 is 0. The lowest BCUT2D eigenvalue weighted by Gasteiger charge is -2.28. The molecule has 1 saturated carbocycles. The summed E-state index contributed by atoms with van der Waals surface area (Å²) in [5, 5.41) is 4.42. The van der Waals surface area contributed by atoms with Crippen molar-refractivity contribution in [3.63, 3.8) is 0 Å². The minimum absolute atomic E-state index is 0.0666. The second-order valence-corrected chi connectivity index (χ2v) is 11.0. The van der Waals surface area contributed by atoms with Crippen LogP contribution in [0.4, 0.5) is 10.6 Å². The summed E-state index contributed by atoms with van der Waals surface area (Å²) in [6.45, 7) is 0.0377. The molecule has 13 heteroatoms. The molecule has 186 valence electrons. The van der Waals surface area contributed by atoms with Crippen LogP contribution >= 0.6 is 0 Å². The van der Waals surface area contributed by atoms with Gasteiger partial charge in [-0.25, -0.2) is 18.2 Å².